The Hall–Kier alpha value is -2.96. The maximum Gasteiger partial charge on any atom is 0.339 e. The van der Waals surface area contributed by atoms with Crippen LogP contribution in [0.25, 0.3) is 0 Å². The number of aryl methyl sites for hydroxylation is 1. The van der Waals surface area contributed by atoms with Crippen molar-refractivity contribution < 1.29 is 22.1 Å². The molecule has 3 aromatic rings. The lowest BCUT2D eigenvalue weighted by Gasteiger charge is -2.10. The number of Topliss-reactive ketones (excluding diaryl/α,β-unsaturated/α-hetero) is 1. The van der Waals surface area contributed by atoms with Gasteiger partial charge in [0.15, 0.2) is 17.6 Å². The van der Waals surface area contributed by atoms with E-state index in [1.807, 2.05) is 37.3 Å². The Kier molecular flexibility index (Phi) is 4.75. The van der Waals surface area contributed by atoms with Crippen LogP contribution in [0.5, 0.6) is 5.75 Å². The molecular weight excluding hydrogens is 376 g/mol. The number of ketones is 1. The summed E-state index contributed by atoms with van der Waals surface area (Å²) in [4.78, 5) is 12.9. The zero-order valence-electron chi connectivity index (χ0n) is 15.1. The molecule has 28 heavy (non-hydrogen) atoms. The monoisotopic (exact) mass is 394 g/mol. The molecule has 0 bridgehead atoms. The first-order valence-corrected chi connectivity index (χ1v) is 10.2. The highest BCUT2D eigenvalue weighted by atomic mass is 32.2. The lowest BCUT2D eigenvalue weighted by Crippen LogP contribution is -2.15. The average Bonchev–Trinajstić information content (AvgIpc) is 3.49. The Balaban J connectivity index is 1.58. The third kappa shape index (κ3) is 3.69. The van der Waals surface area contributed by atoms with Crippen molar-refractivity contribution in [1.82, 2.24) is 0 Å². The predicted octanol–water partition coefficient (Wildman–Crippen LogP) is 4.09. The van der Waals surface area contributed by atoms with E-state index in [9.17, 15) is 13.2 Å². The molecular formula is C22H18O5S. The molecule has 0 N–H and O–H groups in total. The number of hydrogen-bond acceptors (Lipinski definition) is 5. The van der Waals surface area contributed by atoms with Crippen molar-refractivity contribution >= 4 is 15.9 Å². The SMILES string of the molecule is Cc1ccc(S(=O)(=O)Oc2ccccc2C(=O)C2OC2c2ccccc2)cc1. The summed E-state index contributed by atoms with van der Waals surface area (Å²) >= 11 is 0. The number of epoxide rings is 1. The van der Waals surface area contributed by atoms with Crippen LogP contribution in [-0.4, -0.2) is 20.3 Å². The number of ether oxygens (including phenoxy) is 1. The molecule has 2 atom stereocenters. The van der Waals surface area contributed by atoms with Crippen molar-refractivity contribution in [3.8, 4) is 5.75 Å². The maximum atomic E-state index is 12.9. The van der Waals surface area contributed by atoms with Gasteiger partial charge >= 0.3 is 10.1 Å². The van der Waals surface area contributed by atoms with Gasteiger partial charge in [-0.3, -0.25) is 4.79 Å². The molecule has 4 rings (SSSR count). The summed E-state index contributed by atoms with van der Waals surface area (Å²) in [6.45, 7) is 1.87. The van der Waals surface area contributed by atoms with Gasteiger partial charge in [-0.2, -0.15) is 8.42 Å². The van der Waals surface area contributed by atoms with Crippen molar-refractivity contribution in [3.63, 3.8) is 0 Å². The van der Waals surface area contributed by atoms with Gasteiger partial charge in [-0.1, -0.05) is 60.2 Å². The molecule has 142 valence electrons. The highest BCUT2D eigenvalue weighted by molar-refractivity contribution is 7.87. The summed E-state index contributed by atoms with van der Waals surface area (Å²) in [6, 6.07) is 22.1. The van der Waals surface area contributed by atoms with Gasteiger partial charge in [0, 0.05) is 0 Å². The quantitative estimate of drug-likeness (QED) is 0.358. The molecule has 0 spiro atoms. The van der Waals surface area contributed by atoms with Crippen LogP contribution in [0.4, 0.5) is 0 Å². The second-order valence-electron chi connectivity index (χ2n) is 6.60. The van der Waals surface area contributed by atoms with E-state index in [1.54, 1.807) is 30.3 Å². The number of para-hydroxylation sites is 1. The third-order valence-electron chi connectivity index (χ3n) is 4.54. The summed E-state index contributed by atoms with van der Waals surface area (Å²) in [5.41, 5.74) is 2.03. The van der Waals surface area contributed by atoms with Gasteiger partial charge in [0.25, 0.3) is 0 Å². The maximum absolute atomic E-state index is 12.9. The number of benzene rings is 3. The molecule has 1 aliphatic heterocycles. The highest BCUT2D eigenvalue weighted by Gasteiger charge is 2.47. The molecule has 3 aromatic carbocycles. The summed E-state index contributed by atoms with van der Waals surface area (Å²) in [5.74, 6) is -0.307. The van der Waals surface area contributed by atoms with E-state index in [2.05, 4.69) is 0 Å². The minimum atomic E-state index is -4.05. The zero-order valence-corrected chi connectivity index (χ0v) is 15.9. The summed E-state index contributed by atoms with van der Waals surface area (Å²) < 4.78 is 36.0. The van der Waals surface area contributed by atoms with E-state index in [4.69, 9.17) is 8.92 Å². The van der Waals surface area contributed by atoms with Crippen molar-refractivity contribution in [1.29, 1.82) is 0 Å². The van der Waals surface area contributed by atoms with Gasteiger partial charge in [-0.15, -0.1) is 0 Å². The van der Waals surface area contributed by atoms with Crippen LogP contribution in [0.3, 0.4) is 0 Å². The molecule has 0 saturated carbocycles. The number of rotatable bonds is 6. The van der Waals surface area contributed by atoms with Gasteiger partial charge in [0.05, 0.1) is 5.56 Å². The smallest absolute Gasteiger partial charge is 0.339 e. The molecule has 1 fully saturated rings. The molecule has 0 amide bonds. The molecule has 1 heterocycles. The van der Waals surface area contributed by atoms with Crippen molar-refractivity contribution in [3.05, 3.63) is 95.6 Å². The molecule has 2 unspecified atom stereocenters. The van der Waals surface area contributed by atoms with Crippen LogP contribution in [-0.2, 0) is 14.9 Å². The Bertz CT molecular complexity index is 1110. The normalized spacial score (nSPS) is 18.5. The fraction of sp³-hybridized carbons (Fsp3) is 0.136. The fourth-order valence-electron chi connectivity index (χ4n) is 2.98. The van der Waals surface area contributed by atoms with Crippen molar-refractivity contribution in [2.24, 2.45) is 0 Å². The van der Waals surface area contributed by atoms with Crippen LogP contribution in [0.2, 0.25) is 0 Å². The second kappa shape index (κ2) is 7.22. The second-order valence-corrected chi connectivity index (χ2v) is 8.15. The van der Waals surface area contributed by atoms with Crippen molar-refractivity contribution in [2.45, 2.75) is 24.0 Å². The minimum Gasteiger partial charge on any atom is -0.378 e. The molecule has 0 aromatic heterocycles. The van der Waals surface area contributed by atoms with Gasteiger partial charge in [0.2, 0.25) is 0 Å². The van der Waals surface area contributed by atoms with Gasteiger partial charge in [-0.25, -0.2) is 0 Å². The lowest BCUT2D eigenvalue weighted by molar-refractivity contribution is 0.0952. The third-order valence-corrected chi connectivity index (χ3v) is 5.79. The molecule has 5 nitrogen and oxygen atoms in total. The van der Waals surface area contributed by atoms with E-state index in [1.165, 1.54) is 18.2 Å². The van der Waals surface area contributed by atoms with E-state index in [0.29, 0.717) is 0 Å². The highest BCUT2D eigenvalue weighted by Crippen LogP contribution is 2.41. The first kappa shape index (κ1) is 18.4. The van der Waals surface area contributed by atoms with Gasteiger partial charge < -0.3 is 8.92 Å². The van der Waals surface area contributed by atoms with Crippen LogP contribution in [0.1, 0.15) is 27.6 Å². The van der Waals surface area contributed by atoms with Gasteiger partial charge in [-0.05, 0) is 36.8 Å². The molecule has 6 heteroatoms. The predicted molar refractivity (Wildman–Crippen MR) is 104 cm³/mol. The van der Waals surface area contributed by atoms with E-state index >= 15 is 0 Å². The minimum absolute atomic E-state index is 0.00427. The van der Waals surface area contributed by atoms with E-state index < -0.39 is 16.2 Å². The molecule has 0 aliphatic carbocycles. The topological polar surface area (TPSA) is 73.0 Å². The molecule has 1 aliphatic rings. The summed E-state index contributed by atoms with van der Waals surface area (Å²) in [7, 11) is -4.05. The summed E-state index contributed by atoms with van der Waals surface area (Å²) in [6.07, 6.45) is -0.968. The van der Waals surface area contributed by atoms with Gasteiger partial charge in [0.1, 0.15) is 11.0 Å². The van der Waals surface area contributed by atoms with Crippen LogP contribution < -0.4 is 4.18 Å². The van der Waals surface area contributed by atoms with Crippen molar-refractivity contribution in [2.75, 3.05) is 0 Å². The fourth-order valence-corrected chi connectivity index (χ4v) is 3.92. The molecule has 0 radical (unpaired) electrons. The first-order chi connectivity index (χ1) is 13.5. The standard InChI is InChI=1S/C22H18O5S/c1-15-11-13-17(14-12-15)28(24,25)27-19-10-6-5-9-18(19)20(23)22-21(26-22)16-7-3-2-4-8-16/h2-14,21-22H,1H3. The van der Waals surface area contributed by atoms with E-state index in [-0.39, 0.29) is 28.1 Å². The number of hydrogen-bond donors (Lipinski definition) is 0. The van der Waals surface area contributed by atoms with E-state index in [0.717, 1.165) is 11.1 Å². The Morgan fingerprint density at radius 3 is 2.25 bits per heavy atom. The van der Waals surface area contributed by atoms with Crippen LogP contribution in [0.15, 0.2) is 83.8 Å². The van der Waals surface area contributed by atoms with Crippen LogP contribution in [0, 0.1) is 6.92 Å². The molecule has 1 saturated heterocycles. The largest absolute Gasteiger partial charge is 0.378 e. The number of carbonyl (C=O) groups excluding carboxylic acids is 1. The first-order valence-electron chi connectivity index (χ1n) is 8.80. The zero-order chi connectivity index (χ0) is 19.7. The lowest BCUT2D eigenvalue weighted by atomic mass is 10.0. The number of carbonyl (C=O) groups is 1. The van der Waals surface area contributed by atoms with Crippen LogP contribution >= 0.6 is 0 Å². The summed E-state index contributed by atoms with van der Waals surface area (Å²) in [5, 5.41) is 0. The average molecular weight is 394 g/mol. The Labute approximate surface area is 163 Å². The Morgan fingerprint density at radius 2 is 1.54 bits per heavy atom. The Morgan fingerprint density at radius 1 is 0.893 bits per heavy atom.